The molecular weight excluding hydrogens is 326 g/mol. The second-order valence-electron chi connectivity index (χ2n) is 5.30. The van der Waals surface area contributed by atoms with Crippen molar-refractivity contribution in [3.8, 4) is 0 Å². The minimum atomic E-state index is -3.38. The van der Waals surface area contributed by atoms with Gasteiger partial charge in [0.1, 0.15) is 0 Å². The summed E-state index contributed by atoms with van der Waals surface area (Å²) in [6, 6.07) is 3.03. The highest BCUT2D eigenvalue weighted by Crippen LogP contribution is 2.13. The van der Waals surface area contributed by atoms with Crippen LogP contribution in [0.1, 0.15) is 32.6 Å². The molecule has 0 saturated carbocycles. The number of carbonyl (C=O) groups excluding carboxylic acids is 1. The van der Waals surface area contributed by atoms with Gasteiger partial charge in [0, 0.05) is 31.3 Å². The number of amides is 1. The third-order valence-corrected chi connectivity index (χ3v) is 4.57. The van der Waals surface area contributed by atoms with Gasteiger partial charge in [0.25, 0.3) is 0 Å². The van der Waals surface area contributed by atoms with Crippen LogP contribution >= 0.6 is 0 Å². The van der Waals surface area contributed by atoms with Crippen LogP contribution in [0.5, 0.6) is 0 Å². The van der Waals surface area contributed by atoms with E-state index in [4.69, 9.17) is 0 Å². The van der Waals surface area contributed by atoms with Crippen LogP contribution in [0.25, 0.3) is 0 Å². The minimum absolute atomic E-state index is 0.0536. The van der Waals surface area contributed by atoms with Gasteiger partial charge >= 0.3 is 0 Å². The molecule has 0 aliphatic rings. The van der Waals surface area contributed by atoms with Crippen LogP contribution in [0.2, 0.25) is 0 Å². The van der Waals surface area contributed by atoms with Gasteiger partial charge in [-0.1, -0.05) is 19.8 Å². The second kappa shape index (κ2) is 8.93. The average Bonchev–Trinajstić information content (AvgIpc) is 2.45. The molecule has 0 spiro atoms. The number of anilines is 1. The van der Waals surface area contributed by atoms with Crippen molar-refractivity contribution in [3.05, 3.63) is 29.8 Å². The molecule has 0 aliphatic carbocycles. The molecule has 0 heterocycles. The number of hydrogen-bond donors (Lipinski definition) is 1. The maximum atomic E-state index is 13.1. The average molecular weight is 348 g/mol. The summed E-state index contributed by atoms with van der Waals surface area (Å²) >= 11 is 0. The molecule has 0 unspecified atom stereocenters. The lowest BCUT2D eigenvalue weighted by Gasteiger charge is -2.19. The van der Waals surface area contributed by atoms with E-state index in [1.807, 2.05) is 6.92 Å². The number of nitrogens with one attached hydrogen (secondary N) is 1. The predicted molar refractivity (Wildman–Crippen MR) is 85.5 cm³/mol. The monoisotopic (exact) mass is 348 g/mol. The number of halogens is 2. The molecule has 0 bridgehead atoms. The molecule has 8 heteroatoms. The van der Waals surface area contributed by atoms with E-state index in [9.17, 15) is 22.0 Å². The molecule has 0 saturated heterocycles. The third-order valence-electron chi connectivity index (χ3n) is 3.27. The molecule has 5 nitrogen and oxygen atoms in total. The fourth-order valence-electron chi connectivity index (χ4n) is 2.01. The SMILES string of the molecule is CCCCCN(CCC(=O)Nc1ccc(F)c(F)c1)S(C)(=O)=O. The van der Waals surface area contributed by atoms with Crippen LogP contribution in [0.4, 0.5) is 14.5 Å². The van der Waals surface area contributed by atoms with Crippen molar-refractivity contribution >= 4 is 21.6 Å². The summed E-state index contributed by atoms with van der Waals surface area (Å²) in [5.41, 5.74) is 0.130. The summed E-state index contributed by atoms with van der Waals surface area (Å²) in [5.74, 6) is -2.51. The lowest BCUT2D eigenvalue weighted by atomic mass is 10.2. The highest BCUT2D eigenvalue weighted by molar-refractivity contribution is 7.88. The molecule has 0 fully saturated rings. The molecule has 1 aromatic carbocycles. The molecular formula is C15H22F2N2O3S. The third kappa shape index (κ3) is 7.04. The fourth-order valence-corrected chi connectivity index (χ4v) is 2.89. The summed E-state index contributed by atoms with van der Waals surface area (Å²) in [6.07, 6.45) is 3.65. The molecule has 0 atom stereocenters. The molecule has 1 rings (SSSR count). The zero-order chi connectivity index (χ0) is 17.5. The van der Waals surface area contributed by atoms with E-state index < -0.39 is 27.6 Å². The van der Waals surface area contributed by atoms with E-state index in [1.165, 1.54) is 10.4 Å². The lowest BCUT2D eigenvalue weighted by molar-refractivity contribution is -0.116. The van der Waals surface area contributed by atoms with Crippen molar-refractivity contribution in [2.45, 2.75) is 32.6 Å². The van der Waals surface area contributed by atoms with Crippen LogP contribution < -0.4 is 5.32 Å². The number of hydrogen-bond acceptors (Lipinski definition) is 3. The van der Waals surface area contributed by atoms with E-state index in [1.54, 1.807) is 0 Å². The predicted octanol–water partition coefficient (Wildman–Crippen LogP) is 2.75. The molecule has 0 aliphatic heterocycles. The number of unbranched alkanes of at least 4 members (excludes halogenated alkanes) is 2. The van der Waals surface area contributed by atoms with Crippen molar-refractivity contribution in [3.63, 3.8) is 0 Å². The summed E-state index contributed by atoms with van der Waals surface area (Å²) in [6.45, 7) is 2.43. The molecule has 130 valence electrons. The zero-order valence-corrected chi connectivity index (χ0v) is 14.1. The van der Waals surface area contributed by atoms with Crippen LogP contribution in [0.3, 0.4) is 0 Å². The first-order valence-corrected chi connectivity index (χ1v) is 9.29. The van der Waals surface area contributed by atoms with Crippen LogP contribution in [-0.4, -0.2) is 38.0 Å². The Bertz CT molecular complexity index is 636. The summed E-state index contributed by atoms with van der Waals surface area (Å²) in [5, 5.41) is 2.42. The van der Waals surface area contributed by atoms with Crippen molar-refractivity contribution in [2.75, 3.05) is 24.7 Å². The Kier molecular flexibility index (Phi) is 7.57. The van der Waals surface area contributed by atoms with Gasteiger partial charge < -0.3 is 5.32 Å². The van der Waals surface area contributed by atoms with Crippen molar-refractivity contribution in [2.24, 2.45) is 0 Å². The first kappa shape index (κ1) is 19.5. The van der Waals surface area contributed by atoms with Gasteiger partial charge in [0.2, 0.25) is 15.9 Å². The van der Waals surface area contributed by atoms with Crippen LogP contribution in [0.15, 0.2) is 18.2 Å². The molecule has 0 radical (unpaired) electrons. The van der Waals surface area contributed by atoms with E-state index in [0.717, 1.165) is 37.7 Å². The normalized spacial score (nSPS) is 11.7. The van der Waals surface area contributed by atoms with Crippen LogP contribution in [0, 0.1) is 11.6 Å². The van der Waals surface area contributed by atoms with Gasteiger partial charge in [-0.25, -0.2) is 21.5 Å². The standard InChI is InChI=1S/C15H22F2N2O3S/c1-3-4-5-9-19(23(2,21)22)10-8-15(20)18-12-6-7-13(16)14(17)11-12/h6-7,11H,3-5,8-10H2,1-2H3,(H,18,20). The first-order valence-electron chi connectivity index (χ1n) is 7.44. The highest BCUT2D eigenvalue weighted by Gasteiger charge is 2.17. The summed E-state index contributed by atoms with van der Waals surface area (Å²) < 4.78 is 50.5. The Morgan fingerprint density at radius 2 is 1.87 bits per heavy atom. The smallest absolute Gasteiger partial charge is 0.225 e. The van der Waals surface area contributed by atoms with Gasteiger partial charge in [-0.15, -0.1) is 0 Å². The quantitative estimate of drug-likeness (QED) is 0.698. The molecule has 1 amide bonds. The zero-order valence-electron chi connectivity index (χ0n) is 13.3. The Balaban J connectivity index is 2.55. The van der Waals surface area contributed by atoms with Gasteiger partial charge in [-0.05, 0) is 18.6 Å². The maximum Gasteiger partial charge on any atom is 0.225 e. The maximum absolute atomic E-state index is 13.1. The number of benzene rings is 1. The molecule has 1 N–H and O–H groups in total. The second-order valence-corrected chi connectivity index (χ2v) is 7.28. The lowest BCUT2D eigenvalue weighted by Crippen LogP contribution is -2.33. The van der Waals surface area contributed by atoms with E-state index in [-0.39, 0.29) is 18.7 Å². The molecule has 1 aromatic rings. The van der Waals surface area contributed by atoms with E-state index in [0.29, 0.717) is 6.54 Å². The van der Waals surface area contributed by atoms with Crippen molar-refractivity contribution in [1.82, 2.24) is 4.31 Å². The first-order chi connectivity index (χ1) is 10.7. The van der Waals surface area contributed by atoms with E-state index in [2.05, 4.69) is 5.32 Å². The minimum Gasteiger partial charge on any atom is -0.326 e. The Morgan fingerprint density at radius 1 is 1.17 bits per heavy atom. The summed E-state index contributed by atoms with van der Waals surface area (Å²) in [4.78, 5) is 11.8. The van der Waals surface area contributed by atoms with E-state index >= 15 is 0 Å². The molecule has 0 aromatic heterocycles. The van der Waals surface area contributed by atoms with Gasteiger partial charge in [-0.2, -0.15) is 0 Å². The topological polar surface area (TPSA) is 66.5 Å². The Labute approximate surface area is 135 Å². The Morgan fingerprint density at radius 3 is 2.43 bits per heavy atom. The van der Waals surface area contributed by atoms with Crippen molar-refractivity contribution in [1.29, 1.82) is 0 Å². The summed E-state index contributed by atoms with van der Waals surface area (Å²) in [7, 11) is -3.38. The van der Waals surface area contributed by atoms with Crippen molar-refractivity contribution < 1.29 is 22.0 Å². The highest BCUT2D eigenvalue weighted by atomic mass is 32.2. The number of rotatable bonds is 9. The fraction of sp³-hybridized carbons (Fsp3) is 0.533. The number of sulfonamides is 1. The largest absolute Gasteiger partial charge is 0.326 e. The number of nitrogens with zero attached hydrogens (tertiary/aromatic N) is 1. The van der Waals surface area contributed by atoms with Gasteiger partial charge in [0.05, 0.1) is 6.26 Å². The number of carbonyl (C=O) groups is 1. The van der Waals surface area contributed by atoms with Gasteiger partial charge in [0.15, 0.2) is 11.6 Å². The Hall–Kier alpha value is -1.54. The van der Waals surface area contributed by atoms with Gasteiger partial charge in [-0.3, -0.25) is 4.79 Å². The van der Waals surface area contributed by atoms with Crippen LogP contribution in [-0.2, 0) is 14.8 Å². The molecule has 23 heavy (non-hydrogen) atoms.